The fourth-order valence-corrected chi connectivity index (χ4v) is 2.63. The lowest BCUT2D eigenvalue weighted by atomic mass is 9.58. The van der Waals surface area contributed by atoms with Crippen molar-refractivity contribution in [1.29, 1.82) is 0 Å². The van der Waals surface area contributed by atoms with Gasteiger partial charge in [-0.15, -0.1) is 0 Å². The Morgan fingerprint density at radius 2 is 1.75 bits per heavy atom. The largest absolute Gasteiger partial charge is 0.387 e. The van der Waals surface area contributed by atoms with Crippen molar-refractivity contribution in [2.45, 2.75) is 58.2 Å². The number of hydrogen-bond donors (Lipinski definition) is 2. The standard InChI is InChI=1S/C13H22O3/c1-10(14)6-9-13(16)11(2,3)7-5-8-12(13,4)15/h6,9,15-16H,5,7-8H2,1-4H3. The van der Waals surface area contributed by atoms with Crippen LogP contribution in [-0.4, -0.2) is 27.2 Å². The van der Waals surface area contributed by atoms with E-state index in [1.54, 1.807) is 6.92 Å². The van der Waals surface area contributed by atoms with E-state index in [0.717, 1.165) is 12.8 Å². The van der Waals surface area contributed by atoms with E-state index >= 15 is 0 Å². The lowest BCUT2D eigenvalue weighted by Crippen LogP contribution is -2.62. The highest BCUT2D eigenvalue weighted by Crippen LogP contribution is 2.49. The predicted octanol–water partition coefficient (Wildman–Crippen LogP) is 1.82. The van der Waals surface area contributed by atoms with E-state index in [2.05, 4.69) is 0 Å². The Labute approximate surface area is 97.2 Å². The van der Waals surface area contributed by atoms with Gasteiger partial charge in [0.25, 0.3) is 0 Å². The Morgan fingerprint density at radius 3 is 2.19 bits per heavy atom. The van der Waals surface area contributed by atoms with Gasteiger partial charge in [0.05, 0.1) is 5.60 Å². The summed E-state index contributed by atoms with van der Waals surface area (Å²) < 4.78 is 0. The molecular weight excluding hydrogens is 204 g/mol. The molecule has 3 heteroatoms. The van der Waals surface area contributed by atoms with E-state index in [1.807, 2.05) is 13.8 Å². The third-order valence-corrected chi connectivity index (χ3v) is 3.88. The molecule has 1 fully saturated rings. The summed E-state index contributed by atoms with van der Waals surface area (Å²) >= 11 is 0. The summed E-state index contributed by atoms with van der Waals surface area (Å²) in [5.41, 5.74) is -2.95. The van der Waals surface area contributed by atoms with Crippen molar-refractivity contribution in [1.82, 2.24) is 0 Å². The molecule has 2 atom stereocenters. The van der Waals surface area contributed by atoms with Gasteiger partial charge in [0.15, 0.2) is 5.78 Å². The van der Waals surface area contributed by atoms with Crippen LogP contribution in [-0.2, 0) is 4.79 Å². The van der Waals surface area contributed by atoms with Gasteiger partial charge in [-0.1, -0.05) is 13.8 Å². The van der Waals surface area contributed by atoms with Crippen LogP contribution >= 0.6 is 0 Å². The Hall–Kier alpha value is -0.670. The number of hydrogen-bond acceptors (Lipinski definition) is 3. The van der Waals surface area contributed by atoms with E-state index < -0.39 is 16.6 Å². The zero-order valence-corrected chi connectivity index (χ0v) is 10.6. The van der Waals surface area contributed by atoms with Crippen molar-refractivity contribution in [3.8, 4) is 0 Å². The van der Waals surface area contributed by atoms with Gasteiger partial charge in [0, 0.05) is 0 Å². The molecule has 0 bridgehead atoms. The molecule has 0 aromatic rings. The first kappa shape index (κ1) is 13.4. The van der Waals surface area contributed by atoms with Crippen LogP contribution in [0.2, 0.25) is 0 Å². The summed E-state index contributed by atoms with van der Waals surface area (Å²) in [6.07, 6.45) is 5.09. The van der Waals surface area contributed by atoms with Crippen LogP contribution in [0, 0.1) is 5.41 Å². The van der Waals surface area contributed by atoms with E-state index in [4.69, 9.17) is 0 Å². The van der Waals surface area contributed by atoms with Gasteiger partial charge in [0.1, 0.15) is 5.60 Å². The summed E-state index contributed by atoms with van der Waals surface area (Å²) in [6, 6.07) is 0. The SMILES string of the molecule is CC(=O)C=CC1(O)C(C)(C)CCCC1(C)O. The van der Waals surface area contributed by atoms with Crippen LogP contribution in [0.3, 0.4) is 0 Å². The number of carbonyl (C=O) groups excluding carboxylic acids is 1. The summed E-state index contributed by atoms with van der Waals surface area (Å²) in [7, 11) is 0. The Bertz CT molecular complexity index is 297. The molecule has 0 spiro atoms. The maximum absolute atomic E-state index is 11.0. The highest BCUT2D eigenvalue weighted by molar-refractivity contribution is 5.87. The van der Waals surface area contributed by atoms with Gasteiger partial charge in [-0.2, -0.15) is 0 Å². The molecule has 2 unspecified atom stereocenters. The van der Waals surface area contributed by atoms with Gasteiger partial charge in [0.2, 0.25) is 0 Å². The number of allylic oxidation sites excluding steroid dienone is 1. The van der Waals surface area contributed by atoms with E-state index in [9.17, 15) is 15.0 Å². The third-order valence-electron chi connectivity index (χ3n) is 3.88. The maximum Gasteiger partial charge on any atom is 0.152 e. The molecule has 2 N–H and O–H groups in total. The van der Waals surface area contributed by atoms with Crippen LogP contribution in [0.1, 0.15) is 47.0 Å². The lowest BCUT2D eigenvalue weighted by molar-refractivity contribution is -0.194. The molecule has 1 aliphatic carbocycles. The molecule has 0 aromatic heterocycles. The second kappa shape index (κ2) is 3.97. The summed E-state index contributed by atoms with van der Waals surface area (Å²) in [5.74, 6) is -0.120. The molecule has 0 aliphatic heterocycles. The molecule has 16 heavy (non-hydrogen) atoms. The molecule has 0 heterocycles. The van der Waals surface area contributed by atoms with Gasteiger partial charge >= 0.3 is 0 Å². The van der Waals surface area contributed by atoms with Gasteiger partial charge in [-0.25, -0.2) is 0 Å². The highest BCUT2D eigenvalue weighted by atomic mass is 16.4. The van der Waals surface area contributed by atoms with Crippen molar-refractivity contribution in [2.75, 3.05) is 0 Å². The maximum atomic E-state index is 11.0. The van der Waals surface area contributed by atoms with Crippen molar-refractivity contribution in [3.63, 3.8) is 0 Å². The molecular formula is C13H22O3. The molecule has 1 rings (SSSR count). The van der Waals surface area contributed by atoms with Crippen LogP contribution in [0.15, 0.2) is 12.2 Å². The molecule has 1 aliphatic rings. The van der Waals surface area contributed by atoms with Crippen molar-refractivity contribution in [3.05, 3.63) is 12.2 Å². The number of rotatable bonds is 2. The molecule has 1 saturated carbocycles. The first-order chi connectivity index (χ1) is 7.12. The molecule has 0 radical (unpaired) electrons. The zero-order chi connectivity index (χ0) is 12.6. The number of carbonyl (C=O) groups is 1. The normalized spacial score (nSPS) is 38.9. The summed E-state index contributed by atoms with van der Waals surface area (Å²) in [5, 5.41) is 21.0. The zero-order valence-electron chi connectivity index (χ0n) is 10.6. The summed E-state index contributed by atoms with van der Waals surface area (Å²) in [4.78, 5) is 11.0. The van der Waals surface area contributed by atoms with Crippen LogP contribution < -0.4 is 0 Å². The minimum absolute atomic E-state index is 0.120. The Balaban J connectivity index is 3.15. The third kappa shape index (κ3) is 2.06. The fourth-order valence-electron chi connectivity index (χ4n) is 2.63. The predicted molar refractivity (Wildman–Crippen MR) is 63.0 cm³/mol. The number of aliphatic hydroxyl groups is 2. The lowest BCUT2D eigenvalue weighted by Gasteiger charge is -2.53. The van der Waals surface area contributed by atoms with E-state index in [0.29, 0.717) is 6.42 Å². The Morgan fingerprint density at radius 1 is 1.19 bits per heavy atom. The first-order valence-corrected chi connectivity index (χ1v) is 5.77. The van der Waals surface area contributed by atoms with E-state index in [1.165, 1.54) is 19.1 Å². The topological polar surface area (TPSA) is 57.5 Å². The molecule has 0 aromatic carbocycles. The van der Waals surface area contributed by atoms with Crippen molar-refractivity contribution >= 4 is 5.78 Å². The minimum Gasteiger partial charge on any atom is -0.387 e. The smallest absolute Gasteiger partial charge is 0.152 e. The average Bonchev–Trinajstić information content (AvgIpc) is 2.10. The van der Waals surface area contributed by atoms with Gasteiger partial charge in [-0.05, 0) is 50.7 Å². The highest BCUT2D eigenvalue weighted by Gasteiger charge is 2.56. The fraction of sp³-hybridized carbons (Fsp3) is 0.769. The average molecular weight is 226 g/mol. The second-order valence-electron chi connectivity index (χ2n) is 5.72. The molecule has 92 valence electrons. The Kier molecular flexibility index (Phi) is 3.32. The monoisotopic (exact) mass is 226 g/mol. The molecule has 0 amide bonds. The van der Waals surface area contributed by atoms with E-state index in [-0.39, 0.29) is 5.78 Å². The first-order valence-electron chi connectivity index (χ1n) is 5.77. The minimum atomic E-state index is -1.34. The second-order valence-corrected chi connectivity index (χ2v) is 5.72. The van der Waals surface area contributed by atoms with Crippen LogP contribution in [0.5, 0.6) is 0 Å². The molecule has 0 saturated heterocycles. The van der Waals surface area contributed by atoms with Gasteiger partial charge in [-0.3, -0.25) is 4.79 Å². The quantitative estimate of drug-likeness (QED) is 0.706. The molecule has 3 nitrogen and oxygen atoms in total. The van der Waals surface area contributed by atoms with Gasteiger partial charge < -0.3 is 10.2 Å². The van der Waals surface area contributed by atoms with Crippen LogP contribution in [0.25, 0.3) is 0 Å². The van der Waals surface area contributed by atoms with Crippen LogP contribution in [0.4, 0.5) is 0 Å². The van der Waals surface area contributed by atoms with Crippen molar-refractivity contribution < 1.29 is 15.0 Å². The van der Waals surface area contributed by atoms with Crippen molar-refractivity contribution in [2.24, 2.45) is 5.41 Å². The summed E-state index contributed by atoms with van der Waals surface area (Å²) in [6.45, 7) is 6.92. The number of ketones is 1.